The highest BCUT2D eigenvalue weighted by Crippen LogP contribution is 2.22. The number of non-ortho nitro benzene ring substituents is 1. The van der Waals surface area contributed by atoms with Gasteiger partial charge in [0.2, 0.25) is 5.91 Å². The second-order valence-corrected chi connectivity index (χ2v) is 7.93. The molecule has 2 aromatic heterocycles. The minimum atomic E-state index is -1.25. The number of carbonyl (C=O) groups is 3. The number of carbonyl (C=O) groups excluding carboxylic acids is 2. The largest absolute Gasteiger partial charge is 0.479 e. The lowest BCUT2D eigenvalue weighted by Gasteiger charge is -2.17. The van der Waals surface area contributed by atoms with Gasteiger partial charge in [0.05, 0.1) is 34.6 Å². The third-order valence-corrected chi connectivity index (χ3v) is 5.47. The maximum Gasteiger partial charge on any atom is 0.336 e. The Kier molecular flexibility index (Phi) is 6.55. The molecule has 0 bridgehead atoms. The summed E-state index contributed by atoms with van der Waals surface area (Å²) in [6.07, 6.45) is -0.728. The van der Waals surface area contributed by atoms with Crippen molar-refractivity contribution < 1.29 is 29.2 Å². The molecule has 15 heteroatoms. The summed E-state index contributed by atoms with van der Waals surface area (Å²) >= 11 is 1.33. The summed E-state index contributed by atoms with van der Waals surface area (Å²) < 4.78 is 6.23. The third-order valence-electron chi connectivity index (χ3n) is 4.83. The molecular formula is C19H17N7O7S. The first-order chi connectivity index (χ1) is 16.3. The van der Waals surface area contributed by atoms with Gasteiger partial charge in [-0.15, -0.1) is 16.4 Å². The van der Waals surface area contributed by atoms with Crippen LogP contribution in [0.15, 0.2) is 41.4 Å². The van der Waals surface area contributed by atoms with Crippen LogP contribution in [0.1, 0.15) is 11.4 Å². The lowest BCUT2D eigenvalue weighted by Crippen LogP contribution is -2.49. The number of hydrogen-bond donors (Lipinski definition) is 3. The number of ether oxygens (including phenoxy) is 1. The van der Waals surface area contributed by atoms with Crippen molar-refractivity contribution in [2.75, 3.05) is 0 Å². The number of aliphatic carboxylic acids is 1. The van der Waals surface area contributed by atoms with Crippen molar-refractivity contribution >= 4 is 34.8 Å². The molecule has 0 aliphatic carbocycles. The van der Waals surface area contributed by atoms with Crippen LogP contribution in [0.3, 0.4) is 0 Å². The molecule has 176 valence electrons. The Balaban J connectivity index is 1.38. The molecule has 0 unspecified atom stereocenters. The molecule has 34 heavy (non-hydrogen) atoms. The third kappa shape index (κ3) is 5.38. The molecule has 0 spiro atoms. The van der Waals surface area contributed by atoms with E-state index < -0.39 is 41.0 Å². The van der Waals surface area contributed by atoms with E-state index in [1.807, 2.05) is 0 Å². The van der Waals surface area contributed by atoms with Gasteiger partial charge in [0.25, 0.3) is 11.6 Å². The minimum absolute atomic E-state index is 0.00701. The number of benzene rings is 1. The number of aromatic nitrogens is 4. The van der Waals surface area contributed by atoms with E-state index >= 15 is 0 Å². The van der Waals surface area contributed by atoms with Crippen molar-refractivity contribution in [2.45, 2.75) is 31.2 Å². The van der Waals surface area contributed by atoms with Crippen LogP contribution in [0.4, 0.5) is 5.69 Å². The van der Waals surface area contributed by atoms with Crippen LogP contribution in [0, 0.1) is 10.1 Å². The molecule has 1 saturated heterocycles. The Morgan fingerprint density at radius 2 is 2.00 bits per heavy atom. The molecule has 1 aromatic carbocycles. The van der Waals surface area contributed by atoms with Gasteiger partial charge in [-0.2, -0.15) is 0 Å². The second kappa shape index (κ2) is 9.72. The molecule has 14 nitrogen and oxygen atoms in total. The van der Waals surface area contributed by atoms with Crippen molar-refractivity contribution in [3.05, 3.63) is 62.9 Å². The van der Waals surface area contributed by atoms with E-state index in [9.17, 15) is 24.5 Å². The zero-order chi connectivity index (χ0) is 24.2. The first kappa shape index (κ1) is 22.9. The average molecular weight is 487 g/mol. The maximum atomic E-state index is 12.8. The topological polar surface area (TPSA) is 195 Å². The predicted molar refractivity (Wildman–Crippen MR) is 114 cm³/mol. The fourth-order valence-corrected chi connectivity index (χ4v) is 3.62. The van der Waals surface area contributed by atoms with Crippen LogP contribution in [-0.4, -0.2) is 66.0 Å². The second-order valence-electron chi connectivity index (χ2n) is 7.21. The van der Waals surface area contributed by atoms with E-state index in [2.05, 4.69) is 25.9 Å². The summed E-state index contributed by atoms with van der Waals surface area (Å²) in [7, 11) is 0. The minimum Gasteiger partial charge on any atom is -0.479 e. The van der Waals surface area contributed by atoms with Gasteiger partial charge < -0.3 is 20.5 Å². The van der Waals surface area contributed by atoms with E-state index in [-0.39, 0.29) is 18.7 Å². The van der Waals surface area contributed by atoms with Gasteiger partial charge in [-0.05, 0) is 12.1 Å². The Morgan fingerprint density at radius 1 is 1.24 bits per heavy atom. The van der Waals surface area contributed by atoms with E-state index in [4.69, 9.17) is 9.84 Å². The van der Waals surface area contributed by atoms with Gasteiger partial charge in [0.15, 0.2) is 12.2 Å². The van der Waals surface area contributed by atoms with Crippen LogP contribution < -0.4 is 10.6 Å². The molecule has 3 N–H and O–H groups in total. The predicted octanol–water partition coefficient (Wildman–Crippen LogP) is -0.172. The monoisotopic (exact) mass is 487 g/mol. The number of rotatable bonds is 10. The van der Waals surface area contributed by atoms with Gasteiger partial charge in [-0.3, -0.25) is 19.7 Å². The van der Waals surface area contributed by atoms with Crippen LogP contribution in [0.5, 0.6) is 0 Å². The van der Waals surface area contributed by atoms with Crippen molar-refractivity contribution in [3.8, 4) is 5.69 Å². The highest BCUT2D eigenvalue weighted by Gasteiger charge is 2.51. The van der Waals surface area contributed by atoms with Crippen LogP contribution in [0.25, 0.3) is 5.69 Å². The Bertz CT molecular complexity index is 1210. The molecule has 4 rings (SSSR count). The fraction of sp³-hybridized carbons (Fsp3) is 0.263. The lowest BCUT2D eigenvalue weighted by atomic mass is 10.1. The number of hydrogen-bond acceptors (Lipinski definition) is 10. The summed E-state index contributed by atoms with van der Waals surface area (Å²) in [5.74, 6) is -2.48. The van der Waals surface area contributed by atoms with E-state index in [1.165, 1.54) is 40.3 Å². The number of carboxylic acids is 1. The number of carboxylic acid groups (broad SMARTS) is 1. The van der Waals surface area contributed by atoms with Gasteiger partial charge in [0.1, 0.15) is 11.7 Å². The smallest absolute Gasteiger partial charge is 0.336 e. The summed E-state index contributed by atoms with van der Waals surface area (Å²) in [4.78, 5) is 50.4. The molecule has 3 atom stereocenters. The van der Waals surface area contributed by atoms with Crippen molar-refractivity contribution in [3.63, 3.8) is 0 Å². The van der Waals surface area contributed by atoms with E-state index in [0.717, 1.165) is 0 Å². The first-order valence-electron chi connectivity index (χ1n) is 9.81. The van der Waals surface area contributed by atoms with E-state index in [0.29, 0.717) is 17.1 Å². The average Bonchev–Trinajstić information content (AvgIpc) is 3.22. The van der Waals surface area contributed by atoms with Gasteiger partial charge in [-0.25, -0.2) is 14.5 Å². The molecule has 1 fully saturated rings. The Hall–Kier alpha value is -4.24. The quantitative estimate of drug-likeness (QED) is 0.196. The van der Waals surface area contributed by atoms with Crippen molar-refractivity contribution in [1.82, 2.24) is 30.6 Å². The summed E-state index contributed by atoms with van der Waals surface area (Å²) in [6.45, 7) is -0.00701. The summed E-state index contributed by atoms with van der Waals surface area (Å²) in [6, 6.07) is 4.68. The molecule has 1 aliphatic heterocycles. The van der Waals surface area contributed by atoms with Gasteiger partial charge in [0, 0.05) is 23.9 Å². The molecule has 1 aliphatic rings. The van der Waals surface area contributed by atoms with Gasteiger partial charge in [-0.1, -0.05) is 5.21 Å². The molecule has 0 saturated carbocycles. The van der Waals surface area contributed by atoms with Crippen molar-refractivity contribution in [1.29, 1.82) is 0 Å². The van der Waals surface area contributed by atoms with Crippen LogP contribution in [0.2, 0.25) is 0 Å². The number of epoxide rings is 1. The van der Waals surface area contributed by atoms with Gasteiger partial charge >= 0.3 is 5.97 Å². The Morgan fingerprint density at radius 3 is 2.62 bits per heavy atom. The molecular weight excluding hydrogens is 470 g/mol. The van der Waals surface area contributed by atoms with E-state index in [1.54, 1.807) is 17.1 Å². The molecule has 2 amide bonds. The lowest BCUT2D eigenvalue weighted by molar-refractivity contribution is -0.384. The number of amides is 2. The number of nitro benzene ring substituents is 1. The Labute approximate surface area is 194 Å². The normalized spacial score (nSPS) is 17.5. The highest BCUT2D eigenvalue weighted by molar-refractivity contribution is 7.07. The number of thiazole rings is 1. The highest BCUT2D eigenvalue weighted by atomic mass is 32.1. The molecule has 3 heterocycles. The number of nitrogens with zero attached hydrogens (tertiary/aromatic N) is 5. The van der Waals surface area contributed by atoms with Crippen LogP contribution in [-0.2, 0) is 32.1 Å². The fourth-order valence-electron chi connectivity index (χ4n) is 3.04. The standard InChI is InChI=1S/C19H17N7O7S/c27-17(14(5-10-8-34-9-21-10)22-18(28)15-16(33-15)19(29)30)20-6-11-7-25(24-23-11)12-1-3-13(4-2-12)26(31)32/h1-4,7-9,14-16H,5-6H2,(H,20,27)(H,22,28)(H,29,30)/t14-,15-,16-/m0/s1. The molecule has 3 aromatic rings. The summed E-state index contributed by atoms with van der Waals surface area (Å²) in [5.41, 5.74) is 3.06. The number of nitrogens with one attached hydrogen (secondary N) is 2. The zero-order valence-electron chi connectivity index (χ0n) is 17.2. The van der Waals surface area contributed by atoms with Crippen molar-refractivity contribution in [2.24, 2.45) is 0 Å². The molecule has 0 radical (unpaired) electrons. The SMILES string of the molecule is O=C(NCc1cn(-c2ccc([N+](=O)[O-])cc2)nn1)[C@H](Cc1cscn1)NC(=O)[C@H]1O[C@@H]1C(=O)O. The first-order valence-corrected chi connectivity index (χ1v) is 10.8. The number of nitro groups is 1. The zero-order valence-corrected chi connectivity index (χ0v) is 18.0. The summed E-state index contributed by atoms with van der Waals surface area (Å²) in [5, 5.41) is 34.5. The van der Waals surface area contributed by atoms with Crippen LogP contribution >= 0.6 is 11.3 Å². The maximum absolute atomic E-state index is 12.8.